The van der Waals surface area contributed by atoms with Gasteiger partial charge in [-0.15, -0.1) is 0 Å². The summed E-state index contributed by atoms with van der Waals surface area (Å²) in [6.07, 6.45) is 1.24. The molecule has 10 heteroatoms. The number of benzene rings is 2. The molecule has 4 rings (SSSR count). The molecule has 0 bridgehead atoms. The van der Waals surface area contributed by atoms with E-state index in [1.165, 1.54) is 17.2 Å². The van der Waals surface area contributed by atoms with E-state index in [-0.39, 0.29) is 17.5 Å². The van der Waals surface area contributed by atoms with Crippen molar-refractivity contribution in [3.8, 4) is 11.5 Å². The van der Waals surface area contributed by atoms with Gasteiger partial charge < -0.3 is 14.8 Å². The van der Waals surface area contributed by atoms with Crippen LogP contribution in [0.2, 0.25) is 0 Å². The third-order valence-corrected chi connectivity index (χ3v) is 7.33. The fourth-order valence-electron chi connectivity index (χ4n) is 5.23. The maximum absolute atomic E-state index is 13.5. The molecule has 1 N–H and O–H groups in total. The molecule has 3 amide bonds. The van der Waals surface area contributed by atoms with Crippen molar-refractivity contribution < 1.29 is 32.2 Å². The molecular weight excluding hydrogens is 547 g/mol. The minimum Gasteiger partial charge on any atom is -0.493 e. The van der Waals surface area contributed by atoms with Crippen molar-refractivity contribution in [2.24, 2.45) is 0 Å². The first-order chi connectivity index (χ1) is 20.0. The Balaban J connectivity index is 1.31. The molecule has 42 heavy (non-hydrogen) atoms. The van der Waals surface area contributed by atoms with Gasteiger partial charge in [0.25, 0.3) is 5.91 Å². The van der Waals surface area contributed by atoms with Crippen LogP contribution >= 0.6 is 0 Å². The number of alkyl halides is 3. The molecular formula is C32H38F3N3O4. The quantitative estimate of drug-likeness (QED) is 0.167. The first-order valence-electron chi connectivity index (χ1n) is 14.5. The first-order valence-corrected chi connectivity index (χ1v) is 14.5. The number of rotatable bonds is 13. The van der Waals surface area contributed by atoms with Gasteiger partial charge in [-0.25, -0.2) is 4.79 Å². The largest absolute Gasteiger partial charge is 0.493 e. The molecule has 2 aromatic carbocycles. The summed E-state index contributed by atoms with van der Waals surface area (Å²) in [6.45, 7) is 8.16. The second-order valence-corrected chi connectivity index (χ2v) is 11.0. The molecule has 226 valence electrons. The smallest absolute Gasteiger partial charge is 0.418 e. The second kappa shape index (κ2) is 13.0. The van der Waals surface area contributed by atoms with Crippen LogP contribution in [0.4, 0.5) is 18.0 Å². The number of nitrogens with one attached hydrogen (secondary N) is 1. The molecule has 0 aliphatic carbocycles. The van der Waals surface area contributed by atoms with Gasteiger partial charge in [-0.3, -0.25) is 14.7 Å². The molecule has 1 fully saturated rings. The molecule has 1 saturated heterocycles. The summed E-state index contributed by atoms with van der Waals surface area (Å²) in [5.41, 5.74) is -0.614. The Bertz CT molecular complexity index is 1430. The van der Waals surface area contributed by atoms with E-state index in [1.54, 1.807) is 31.2 Å². The van der Waals surface area contributed by atoms with Crippen LogP contribution in [0, 0.1) is 0 Å². The highest BCUT2D eigenvalue weighted by Crippen LogP contribution is 2.38. The number of unbranched alkanes of at least 4 members (excludes halogenated alkanes) is 3. The molecule has 0 saturated carbocycles. The molecule has 1 aliphatic rings. The van der Waals surface area contributed by atoms with Gasteiger partial charge >= 0.3 is 12.2 Å². The summed E-state index contributed by atoms with van der Waals surface area (Å²) < 4.78 is 52.4. The number of hydrogen-bond acceptors (Lipinski definition) is 5. The van der Waals surface area contributed by atoms with Crippen molar-refractivity contribution >= 4 is 22.8 Å². The van der Waals surface area contributed by atoms with E-state index in [4.69, 9.17) is 9.47 Å². The van der Waals surface area contributed by atoms with E-state index in [2.05, 4.69) is 10.3 Å². The number of amides is 3. The molecule has 1 aromatic heterocycles. The van der Waals surface area contributed by atoms with E-state index in [0.717, 1.165) is 30.9 Å². The number of pyridine rings is 1. The van der Waals surface area contributed by atoms with Gasteiger partial charge in [0.15, 0.2) is 0 Å². The van der Waals surface area contributed by atoms with Crippen LogP contribution in [0.15, 0.2) is 48.7 Å². The maximum Gasteiger partial charge on any atom is 0.418 e. The number of hydrogen-bond donors (Lipinski definition) is 1. The second-order valence-electron chi connectivity index (χ2n) is 11.0. The summed E-state index contributed by atoms with van der Waals surface area (Å²) in [6, 6.07) is 10.8. The molecule has 3 aromatic rings. The fourth-order valence-corrected chi connectivity index (χ4v) is 5.23. The van der Waals surface area contributed by atoms with Crippen molar-refractivity contribution in [2.45, 2.75) is 84.0 Å². The molecule has 1 aliphatic heterocycles. The number of aromatic nitrogens is 1. The lowest BCUT2D eigenvalue weighted by Crippen LogP contribution is -2.41. The normalized spacial score (nSPS) is 17.3. The van der Waals surface area contributed by atoms with Crippen LogP contribution in [0.1, 0.15) is 76.5 Å². The van der Waals surface area contributed by atoms with Crippen LogP contribution in [-0.4, -0.2) is 41.1 Å². The van der Waals surface area contributed by atoms with Gasteiger partial charge in [0.2, 0.25) is 0 Å². The Kier molecular flexibility index (Phi) is 9.64. The average Bonchev–Trinajstić information content (AvgIpc) is 3.15. The molecule has 2 heterocycles. The third-order valence-electron chi connectivity index (χ3n) is 7.33. The maximum atomic E-state index is 13.5. The lowest BCUT2D eigenvalue weighted by Gasteiger charge is -2.23. The Morgan fingerprint density at radius 1 is 1.05 bits per heavy atom. The van der Waals surface area contributed by atoms with Crippen molar-refractivity contribution in [1.29, 1.82) is 0 Å². The van der Waals surface area contributed by atoms with E-state index >= 15 is 0 Å². The number of fused-ring (bicyclic) bond motifs is 1. The van der Waals surface area contributed by atoms with E-state index in [9.17, 15) is 22.8 Å². The van der Waals surface area contributed by atoms with Gasteiger partial charge in [0, 0.05) is 23.7 Å². The van der Waals surface area contributed by atoms with Crippen molar-refractivity contribution in [3.05, 3.63) is 65.4 Å². The number of para-hydroxylation sites is 1. The van der Waals surface area contributed by atoms with Gasteiger partial charge in [-0.05, 0) is 69.9 Å². The lowest BCUT2D eigenvalue weighted by atomic mass is 9.92. The SMILES string of the molecule is CCCc1cnc2c(C(F)(F)F)cccc2c1OCCCCCCN1C(=O)NC(C)(c2cccc(OC(C)C)c2)C1=O. The molecule has 1 atom stereocenters. The fraction of sp³-hybridized carbons (Fsp3) is 0.469. The molecule has 0 radical (unpaired) electrons. The van der Waals surface area contributed by atoms with Crippen molar-refractivity contribution in [1.82, 2.24) is 15.2 Å². The predicted molar refractivity (Wildman–Crippen MR) is 155 cm³/mol. The number of carbonyl (C=O) groups is 2. The molecule has 7 nitrogen and oxygen atoms in total. The summed E-state index contributed by atoms with van der Waals surface area (Å²) in [7, 11) is 0. The summed E-state index contributed by atoms with van der Waals surface area (Å²) >= 11 is 0. The number of imide groups is 1. The number of aryl methyl sites for hydroxylation is 1. The zero-order chi connectivity index (χ0) is 30.5. The summed E-state index contributed by atoms with van der Waals surface area (Å²) in [4.78, 5) is 31.4. The highest BCUT2D eigenvalue weighted by molar-refractivity contribution is 6.07. The number of nitrogens with zero attached hydrogens (tertiary/aromatic N) is 2. The first kappa shape index (κ1) is 31.1. The van der Waals surface area contributed by atoms with Crippen LogP contribution in [0.5, 0.6) is 11.5 Å². The zero-order valence-electron chi connectivity index (χ0n) is 24.5. The van der Waals surface area contributed by atoms with E-state index in [0.29, 0.717) is 54.9 Å². The van der Waals surface area contributed by atoms with Crippen molar-refractivity contribution in [3.63, 3.8) is 0 Å². The van der Waals surface area contributed by atoms with Gasteiger partial charge in [0.1, 0.15) is 17.0 Å². The number of carbonyl (C=O) groups excluding carboxylic acids is 2. The van der Waals surface area contributed by atoms with Crippen LogP contribution in [0.3, 0.4) is 0 Å². The van der Waals surface area contributed by atoms with Crippen LogP contribution in [-0.2, 0) is 22.9 Å². The number of halogens is 3. The third kappa shape index (κ3) is 6.79. The monoisotopic (exact) mass is 585 g/mol. The predicted octanol–water partition coefficient (Wildman–Crippen LogP) is 7.40. The van der Waals surface area contributed by atoms with E-state index in [1.807, 2.05) is 26.8 Å². The topological polar surface area (TPSA) is 80.8 Å². The number of urea groups is 1. The van der Waals surface area contributed by atoms with Gasteiger partial charge in [-0.1, -0.05) is 44.4 Å². The molecule has 1 unspecified atom stereocenters. The Morgan fingerprint density at radius 2 is 1.79 bits per heavy atom. The Hall–Kier alpha value is -3.82. The van der Waals surface area contributed by atoms with Crippen LogP contribution < -0.4 is 14.8 Å². The Morgan fingerprint density at radius 3 is 2.50 bits per heavy atom. The number of ether oxygens (including phenoxy) is 2. The summed E-state index contributed by atoms with van der Waals surface area (Å²) in [5, 5.41) is 3.20. The van der Waals surface area contributed by atoms with Gasteiger partial charge in [-0.2, -0.15) is 13.2 Å². The van der Waals surface area contributed by atoms with Crippen molar-refractivity contribution in [2.75, 3.05) is 13.2 Å². The Labute approximate surface area is 244 Å². The lowest BCUT2D eigenvalue weighted by molar-refractivity contribution is -0.136. The highest BCUT2D eigenvalue weighted by atomic mass is 19.4. The minimum absolute atomic E-state index is 0.0199. The zero-order valence-corrected chi connectivity index (χ0v) is 24.5. The molecule has 0 spiro atoms. The van der Waals surface area contributed by atoms with Crippen LogP contribution in [0.25, 0.3) is 10.9 Å². The highest BCUT2D eigenvalue weighted by Gasteiger charge is 2.48. The summed E-state index contributed by atoms with van der Waals surface area (Å²) in [5.74, 6) is 0.784. The standard InChI is InChI=1S/C32H38F3N3O4/c1-5-12-22-20-36-27-25(15-11-16-26(27)32(33,34)35)28(22)41-18-9-7-6-8-17-38-29(39)31(4,37-30(38)40)23-13-10-14-24(19-23)42-21(2)3/h10-11,13-16,19-21H,5-9,12,17-18H2,1-4H3,(H,37,40). The van der Waals surface area contributed by atoms with Gasteiger partial charge in [0.05, 0.1) is 23.8 Å². The minimum atomic E-state index is -4.51. The average molecular weight is 586 g/mol. The van der Waals surface area contributed by atoms with E-state index < -0.39 is 23.3 Å².